The van der Waals surface area contributed by atoms with E-state index in [2.05, 4.69) is 9.82 Å². The number of benzene rings is 2. The van der Waals surface area contributed by atoms with Crippen LogP contribution in [0.2, 0.25) is 10.0 Å². The van der Waals surface area contributed by atoms with Crippen LogP contribution in [0.15, 0.2) is 44.8 Å². The van der Waals surface area contributed by atoms with Crippen LogP contribution in [-0.2, 0) is 16.2 Å². The topological polar surface area (TPSA) is 143 Å². The van der Waals surface area contributed by atoms with Crippen LogP contribution < -0.4 is 20.7 Å². The van der Waals surface area contributed by atoms with Crippen molar-refractivity contribution in [2.24, 2.45) is 0 Å². The molecule has 16 heteroatoms. The van der Waals surface area contributed by atoms with E-state index in [-0.39, 0.29) is 38.0 Å². The fraction of sp³-hybridized carbons (Fsp3) is 0.250. The molecule has 0 bridgehead atoms. The van der Waals surface area contributed by atoms with Gasteiger partial charge >= 0.3 is 11.9 Å². The summed E-state index contributed by atoms with van der Waals surface area (Å²) in [5.41, 5.74) is -5.17. The van der Waals surface area contributed by atoms with Gasteiger partial charge in [0.05, 0.1) is 15.7 Å². The second-order valence-electron chi connectivity index (χ2n) is 7.74. The quantitative estimate of drug-likeness (QED) is 0.413. The molecule has 1 aromatic heterocycles. The first-order valence-corrected chi connectivity index (χ1v) is 12.3. The van der Waals surface area contributed by atoms with Crippen LogP contribution in [0.25, 0.3) is 5.69 Å². The first-order valence-electron chi connectivity index (χ1n) is 10.1. The highest BCUT2D eigenvalue weighted by molar-refractivity contribution is 7.89. The minimum atomic E-state index is -5.13. The van der Waals surface area contributed by atoms with Gasteiger partial charge in [-0.25, -0.2) is 17.9 Å². The van der Waals surface area contributed by atoms with Gasteiger partial charge in [-0.2, -0.15) is 23.0 Å². The van der Waals surface area contributed by atoms with Gasteiger partial charge in [0.2, 0.25) is 15.7 Å². The molecule has 0 aliphatic heterocycles. The van der Waals surface area contributed by atoms with Crippen LogP contribution >= 0.6 is 23.2 Å². The average molecular weight is 567 g/mol. The molecule has 0 atom stereocenters. The third-order valence-corrected chi connectivity index (χ3v) is 7.30. The lowest BCUT2D eigenvalue weighted by molar-refractivity contribution is -0.143. The number of nitrogens with zero attached hydrogens (tertiary/aromatic N) is 2. The number of ether oxygens (including phenoxy) is 1. The third-order valence-electron chi connectivity index (χ3n) is 5.19. The molecule has 3 aromatic rings. The number of alkyl halides is 3. The Hall–Kier alpha value is -3.07. The molecule has 3 N–H and O–H groups in total. The second kappa shape index (κ2) is 9.42. The van der Waals surface area contributed by atoms with Crippen molar-refractivity contribution in [2.45, 2.75) is 36.4 Å². The minimum Gasteiger partial charge on any atom is -0.507 e. The van der Waals surface area contributed by atoms with Gasteiger partial charge in [-0.05, 0) is 37.1 Å². The van der Waals surface area contributed by atoms with E-state index < -0.39 is 43.8 Å². The number of halogens is 5. The van der Waals surface area contributed by atoms with Crippen LogP contribution in [0.5, 0.6) is 17.2 Å². The lowest BCUT2D eigenvalue weighted by Gasteiger charge is -2.26. The highest BCUT2D eigenvalue weighted by Gasteiger charge is 2.37. The lowest BCUT2D eigenvalue weighted by atomic mass is 9.94. The zero-order chi connectivity index (χ0) is 26.4. The fourth-order valence-electron chi connectivity index (χ4n) is 3.23. The van der Waals surface area contributed by atoms with Gasteiger partial charge in [-0.3, -0.25) is 9.78 Å². The Balaban J connectivity index is 1.69. The SMILES string of the molecule is O=c1[nH]c(=O)n(-c2cc(Cl)c(Oc3ccc(O)c(S(=O)(=O)NC4CCC4)c3)c(Cl)c2)nc1C(F)(F)F. The Kier molecular flexibility index (Phi) is 6.81. The molecule has 1 aliphatic rings. The molecule has 0 radical (unpaired) electrons. The normalized spacial score (nSPS) is 14.5. The number of phenolic OH excluding ortho intramolecular Hbond substituents is 1. The molecule has 1 aliphatic carbocycles. The maximum atomic E-state index is 13.0. The molecule has 10 nitrogen and oxygen atoms in total. The Morgan fingerprint density at radius 1 is 1.14 bits per heavy atom. The second-order valence-corrected chi connectivity index (χ2v) is 10.2. The van der Waals surface area contributed by atoms with Gasteiger partial charge in [0.25, 0.3) is 5.56 Å². The number of hydrogen-bond donors (Lipinski definition) is 3. The number of aromatic hydroxyl groups is 1. The smallest absolute Gasteiger partial charge is 0.440 e. The molecule has 0 spiro atoms. The van der Waals surface area contributed by atoms with Crippen LogP contribution in [0, 0.1) is 0 Å². The highest BCUT2D eigenvalue weighted by atomic mass is 35.5. The number of aromatic nitrogens is 3. The molecule has 0 amide bonds. The number of phenols is 1. The zero-order valence-corrected chi connectivity index (χ0v) is 20.1. The van der Waals surface area contributed by atoms with Crippen LogP contribution in [0.4, 0.5) is 13.2 Å². The van der Waals surface area contributed by atoms with Crippen molar-refractivity contribution in [1.29, 1.82) is 0 Å². The van der Waals surface area contributed by atoms with E-state index >= 15 is 0 Å². The van der Waals surface area contributed by atoms with Crippen molar-refractivity contribution in [3.05, 3.63) is 66.9 Å². The van der Waals surface area contributed by atoms with E-state index in [9.17, 15) is 36.3 Å². The van der Waals surface area contributed by atoms with Crippen LogP contribution in [0.1, 0.15) is 25.0 Å². The van der Waals surface area contributed by atoms with Gasteiger partial charge in [0.1, 0.15) is 16.4 Å². The van der Waals surface area contributed by atoms with Gasteiger partial charge < -0.3 is 9.84 Å². The Bertz CT molecular complexity index is 1550. The van der Waals surface area contributed by atoms with Crippen molar-refractivity contribution < 1.29 is 31.4 Å². The predicted molar refractivity (Wildman–Crippen MR) is 122 cm³/mol. The zero-order valence-electron chi connectivity index (χ0n) is 17.8. The summed E-state index contributed by atoms with van der Waals surface area (Å²) >= 11 is 12.4. The van der Waals surface area contributed by atoms with Crippen molar-refractivity contribution in [3.63, 3.8) is 0 Å². The van der Waals surface area contributed by atoms with E-state index in [0.29, 0.717) is 12.8 Å². The van der Waals surface area contributed by atoms with Crippen LogP contribution in [0.3, 0.4) is 0 Å². The largest absolute Gasteiger partial charge is 0.507 e. The monoisotopic (exact) mass is 566 g/mol. The summed E-state index contributed by atoms with van der Waals surface area (Å²) in [5.74, 6) is -0.834. The summed E-state index contributed by atoms with van der Waals surface area (Å²) in [6, 6.07) is 5.14. The third kappa shape index (κ3) is 5.21. The van der Waals surface area contributed by atoms with Crippen LogP contribution in [-0.4, -0.2) is 34.3 Å². The molecule has 0 unspecified atom stereocenters. The number of H-pyrrole nitrogens is 1. The van der Waals surface area contributed by atoms with Gasteiger partial charge in [-0.1, -0.05) is 29.6 Å². The van der Waals surface area contributed by atoms with Gasteiger partial charge in [0, 0.05) is 12.1 Å². The standard InChI is InChI=1S/C20H15Cl2F3N4O6S/c21-12-6-10(29-19(32)26-18(31)17(27-29)20(23,24)25)7-13(22)16(12)35-11-4-5-14(30)15(8-11)36(33,34)28-9-2-1-3-9/h4-9,28,30H,1-3H2,(H,26,31,32). The minimum absolute atomic E-state index is 0.0861. The molecule has 4 rings (SSSR count). The number of rotatable bonds is 6. The summed E-state index contributed by atoms with van der Waals surface area (Å²) in [7, 11) is -4.07. The number of hydrogen-bond acceptors (Lipinski definition) is 7. The lowest BCUT2D eigenvalue weighted by Crippen LogP contribution is -2.39. The number of nitrogens with one attached hydrogen (secondary N) is 2. The molecule has 36 heavy (non-hydrogen) atoms. The molecule has 1 fully saturated rings. The van der Waals surface area contributed by atoms with E-state index in [0.717, 1.165) is 30.7 Å². The summed E-state index contributed by atoms with van der Waals surface area (Å²) in [4.78, 5) is 24.6. The molecule has 1 heterocycles. The summed E-state index contributed by atoms with van der Waals surface area (Å²) in [6.45, 7) is 0. The summed E-state index contributed by atoms with van der Waals surface area (Å²) in [6.07, 6.45) is -2.91. The first-order chi connectivity index (χ1) is 16.8. The van der Waals surface area contributed by atoms with E-state index in [1.807, 2.05) is 0 Å². The molecule has 1 saturated carbocycles. The van der Waals surface area contributed by atoms with E-state index in [4.69, 9.17) is 27.9 Å². The summed E-state index contributed by atoms with van der Waals surface area (Å²) < 4.78 is 72.7. The van der Waals surface area contributed by atoms with Gasteiger partial charge in [0.15, 0.2) is 5.75 Å². The van der Waals surface area contributed by atoms with E-state index in [1.165, 1.54) is 11.1 Å². The van der Waals surface area contributed by atoms with Crippen molar-refractivity contribution in [1.82, 2.24) is 19.5 Å². The predicted octanol–water partition coefficient (Wildman–Crippen LogP) is 3.58. The molecular weight excluding hydrogens is 552 g/mol. The number of aromatic amines is 1. The molecule has 192 valence electrons. The average Bonchev–Trinajstić information content (AvgIpc) is 2.73. The molecule has 2 aromatic carbocycles. The van der Waals surface area contributed by atoms with Crippen molar-refractivity contribution in [2.75, 3.05) is 0 Å². The summed E-state index contributed by atoms with van der Waals surface area (Å²) in [5, 5.41) is 12.6. The fourth-order valence-corrected chi connectivity index (χ4v) is 5.20. The Morgan fingerprint density at radius 2 is 1.78 bits per heavy atom. The first kappa shape index (κ1) is 26.0. The molecular formula is C20H15Cl2F3N4O6S. The highest BCUT2D eigenvalue weighted by Crippen LogP contribution is 2.39. The van der Waals surface area contributed by atoms with Crippen molar-refractivity contribution >= 4 is 33.2 Å². The Labute approximate surface area is 210 Å². The Morgan fingerprint density at radius 3 is 2.33 bits per heavy atom. The van der Waals surface area contributed by atoms with E-state index in [1.54, 1.807) is 0 Å². The molecule has 0 saturated heterocycles. The van der Waals surface area contributed by atoms with Crippen molar-refractivity contribution in [3.8, 4) is 22.9 Å². The maximum Gasteiger partial charge on any atom is 0.440 e. The maximum absolute atomic E-state index is 13.0. The number of sulfonamides is 1. The van der Waals surface area contributed by atoms with Gasteiger partial charge in [-0.15, -0.1) is 0 Å².